The molecule has 2 heterocycles. The third-order valence-corrected chi connectivity index (χ3v) is 5.48. The number of nitrogens with two attached hydrogens (primary N) is 1. The largest absolute Gasteiger partial charge is 0.369 e. The number of carbonyl (C=O) groups excluding carboxylic acids is 2. The average molecular weight is 319 g/mol. The molecule has 1 aliphatic carbocycles. The van der Waals surface area contributed by atoms with Gasteiger partial charge >= 0.3 is 0 Å². The highest BCUT2D eigenvalue weighted by molar-refractivity contribution is 5.82. The Labute approximate surface area is 136 Å². The molecule has 2 fully saturated rings. The number of hydrogen-bond donors (Lipinski definition) is 1. The summed E-state index contributed by atoms with van der Waals surface area (Å²) in [6.45, 7) is 4.89. The molecule has 0 bridgehead atoms. The zero-order valence-electron chi connectivity index (χ0n) is 13.9. The number of amides is 2. The monoisotopic (exact) mass is 319 g/mol. The van der Waals surface area contributed by atoms with Crippen LogP contribution in [0.1, 0.15) is 49.1 Å². The maximum absolute atomic E-state index is 12.5. The fraction of sp³-hybridized carbons (Fsp3) is 0.706. The van der Waals surface area contributed by atoms with Crippen molar-refractivity contribution in [2.24, 2.45) is 17.1 Å². The molecule has 1 aliphatic heterocycles. The molecule has 1 saturated carbocycles. The normalized spacial score (nSPS) is 20.5. The molecule has 6 nitrogen and oxygen atoms in total. The second-order valence-corrected chi connectivity index (χ2v) is 7.15. The molecular formula is C17H25N3O3. The Morgan fingerprint density at radius 3 is 2.43 bits per heavy atom. The number of nitrogens with zero attached hydrogens (tertiary/aromatic N) is 2. The molecule has 126 valence electrons. The Hall–Kier alpha value is -1.85. The van der Waals surface area contributed by atoms with Crippen LogP contribution in [-0.4, -0.2) is 35.0 Å². The predicted molar refractivity (Wildman–Crippen MR) is 84.5 cm³/mol. The lowest BCUT2D eigenvalue weighted by Crippen LogP contribution is -2.49. The fourth-order valence-corrected chi connectivity index (χ4v) is 3.63. The standard InChI is InChI=1S/C17H25N3O3/c1-11-14(12(2)23-19-11)9-15(21)20-7-5-17(6-8-20,16(18)22)10-13-3-4-13/h13H,3-10H2,1-2H3,(H2,18,22). The smallest absolute Gasteiger partial charge is 0.227 e. The van der Waals surface area contributed by atoms with Crippen molar-refractivity contribution in [1.29, 1.82) is 0 Å². The molecule has 0 atom stereocenters. The van der Waals surface area contributed by atoms with Crippen LogP contribution in [0.25, 0.3) is 0 Å². The number of rotatable bonds is 5. The van der Waals surface area contributed by atoms with Gasteiger partial charge in [-0.05, 0) is 39.0 Å². The first-order chi connectivity index (χ1) is 10.9. The third-order valence-electron chi connectivity index (χ3n) is 5.48. The van der Waals surface area contributed by atoms with E-state index >= 15 is 0 Å². The van der Waals surface area contributed by atoms with Gasteiger partial charge in [-0.25, -0.2) is 0 Å². The summed E-state index contributed by atoms with van der Waals surface area (Å²) in [5.41, 5.74) is 6.93. The van der Waals surface area contributed by atoms with Crippen molar-refractivity contribution in [2.75, 3.05) is 13.1 Å². The van der Waals surface area contributed by atoms with Crippen LogP contribution in [0.4, 0.5) is 0 Å². The molecular weight excluding hydrogens is 294 g/mol. The van der Waals surface area contributed by atoms with Crippen LogP contribution in [-0.2, 0) is 16.0 Å². The maximum atomic E-state index is 12.5. The zero-order valence-corrected chi connectivity index (χ0v) is 13.9. The van der Waals surface area contributed by atoms with Gasteiger partial charge in [-0.1, -0.05) is 18.0 Å². The summed E-state index contributed by atoms with van der Waals surface area (Å²) in [6.07, 6.45) is 5.01. The van der Waals surface area contributed by atoms with Gasteiger partial charge in [0.2, 0.25) is 11.8 Å². The molecule has 0 unspecified atom stereocenters. The van der Waals surface area contributed by atoms with E-state index < -0.39 is 5.41 Å². The van der Waals surface area contributed by atoms with Crippen LogP contribution in [0.15, 0.2) is 4.52 Å². The van der Waals surface area contributed by atoms with Crippen molar-refractivity contribution in [3.8, 4) is 0 Å². The van der Waals surface area contributed by atoms with E-state index in [0.29, 0.717) is 44.0 Å². The van der Waals surface area contributed by atoms with E-state index in [4.69, 9.17) is 10.3 Å². The summed E-state index contributed by atoms with van der Waals surface area (Å²) in [4.78, 5) is 26.3. The highest BCUT2D eigenvalue weighted by atomic mass is 16.5. The molecule has 1 saturated heterocycles. The second-order valence-electron chi connectivity index (χ2n) is 7.15. The average Bonchev–Trinajstić information content (AvgIpc) is 3.28. The van der Waals surface area contributed by atoms with Crippen LogP contribution < -0.4 is 5.73 Å². The first-order valence-electron chi connectivity index (χ1n) is 8.41. The summed E-state index contributed by atoms with van der Waals surface area (Å²) < 4.78 is 5.12. The summed E-state index contributed by atoms with van der Waals surface area (Å²) >= 11 is 0. The van der Waals surface area contributed by atoms with Crippen molar-refractivity contribution in [2.45, 2.75) is 52.4 Å². The van der Waals surface area contributed by atoms with Crippen molar-refractivity contribution in [3.63, 3.8) is 0 Å². The van der Waals surface area contributed by atoms with E-state index in [0.717, 1.165) is 17.7 Å². The van der Waals surface area contributed by atoms with E-state index in [1.807, 2.05) is 18.7 Å². The molecule has 2 amide bonds. The molecule has 2 N–H and O–H groups in total. The number of primary amides is 1. The van der Waals surface area contributed by atoms with Crippen molar-refractivity contribution in [1.82, 2.24) is 10.1 Å². The summed E-state index contributed by atoms with van der Waals surface area (Å²) in [7, 11) is 0. The summed E-state index contributed by atoms with van der Waals surface area (Å²) in [5, 5.41) is 3.89. The molecule has 6 heteroatoms. The van der Waals surface area contributed by atoms with Gasteiger partial charge in [0.25, 0.3) is 0 Å². The van der Waals surface area contributed by atoms with E-state index in [9.17, 15) is 9.59 Å². The Kier molecular flexibility index (Phi) is 4.17. The molecule has 2 aliphatic rings. The minimum Gasteiger partial charge on any atom is -0.369 e. The Balaban J connectivity index is 1.61. The molecule has 0 radical (unpaired) electrons. The third kappa shape index (κ3) is 3.26. The van der Waals surface area contributed by atoms with Crippen molar-refractivity contribution in [3.05, 3.63) is 17.0 Å². The van der Waals surface area contributed by atoms with E-state index in [1.165, 1.54) is 12.8 Å². The number of aromatic nitrogens is 1. The van der Waals surface area contributed by atoms with Crippen LogP contribution in [0.5, 0.6) is 0 Å². The van der Waals surface area contributed by atoms with Crippen LogP contribution >= 0.6 is 0 Å². The highest BCUT2D eigenvalue weighted by Crippen LogP contribution is 2.45. The van der Waals surface area contributed by atoms with Gasteiger partial charge in [0.15, 0.2) is 0 Å². The summed E-state index contributed by atoms with van der Waals surface area (Å²) in [5.74, 6) is 1.24. The lowest BCUT2D eigenvalue weighted by Gasteiger charge is -2.40. The Morgan fingerprint density at radius 2 is 1.96 bits per heavy atom. The molecule has 0 spiro atoms. The van der Waals surface area contributed by atoms with Gasteiger partial charge in [0.1, 0.15) is 5.76 Å². The van der Waals surface area contributed by atoms with Gasteiger partial charge in [-0.2, -0.15) is 0 Å². The Morgan fingerprint density at radius 1 is 1.30 bits per heavy atom. The number of piperidine rings is 1. The maximum Gasteiger partial charge on any atom is 0.227 e. The van der Waals surface area contributed by atoms with Crippen molar-refractivity contribution >= 4 is 11.8 Å². The minimum atomic E-state index is -0.402. The fourth-order valence-electron chi connectivity index (χ4n) is 3.63. The van der Waals surface area contributed by atoms with E-state index in [-0.39, 0.29) is 11.8 Å². The SMILES string of the molecule is Cc1noc(C)c1CC(=O)N1CCC(CC2CC2)(C(N)=O)CC1. The Bertz CT molecular complexity index is 591. The van der Waals surface area contributed by atoms with Gasteiger partial charge in [-0.3, -0.25) is 9.59 Å². The van der Waals surface area contributed by atoms with Gasteiger partial charge in [-0.15, -0.1) is 0 Å². The topological polar surface area (TPSA) is 89.4 Å². The zero-order chi connectivity index (χ0) is 16.6. The molecule has 23 heavy (non-hydrogen) atoms. The quantitative estimate of drug-likeness (QED) is 0.895. The molecule has 0 aromatic carbocycles. The van der Waals surface area contributed by atoms with E-state index in [1.54, 1.807) is 0 Å². The molecule has 1 aromatic heterocycles. The summed E-state index contributed by atoms with van der Waals surface area (Å²) in [6, 6.07) is 0. The van der Waals surface area contributed by atoms with Crippen LogP contribution in [0, 0.1) is 25.2 Å². The second kappa shape index (κ2) is 5.98. The number of likely N-dealkylation sites (tertiary alicyclic amines) is 1. The van der Waals surface area contributed by atoms with Gasteiger partial charge < -0.3 is 15.2 Å². The first kappa shape index (κ1) is 16.0. The number of aryl methyl sites for hydroxylation is 2. The lowest BCUT2D eigenvalue weighted by atomic mass is 9.73. The van der Waals surface area contributed by atoms with Crippen LogP contribution in [0.3, 0.4) is 0 Å². The van der Waals surface area contributed by atoms with Gasteiger partial charge in [0.05, 0.1) is 17.5 Å². The minimum absolute atomic E-state index is 0.0730. The first-order valence-corrected chi connectivity index (χ1v) is 8.41. The highest BCUT2D eigenvalue weighted by Gasteiger charge is 2.44. The van der Waals surface area contributed by atoms with Gasteiger partial charge in [0, 0.05) is 18.7 Å². The van der Waals surface area contributed by atoms with Crippen molar-refractivity contribution < 1.29 is 14.1 Å². The van der Waals surface area contributed by atoms with Crippen LogP contribution in [0.2, 0.25) is 0 Å². The lowest BCUT2D eigenvalue weighted by molar-refractivity contribution is -0.139. The number of carbonyl (C=O) groups is 2. The molecule has 3 rings (SSSR count). The van der Waals surface area contributed by atoms with E-state index in [2.05, 4.69) is 5.16 Å². The molecule has 1 aromatic rings. The predicted octanol–water partition coefficient (Wildman–Crippen LogP) is 1.73. The number of hydrogen-bond acceptors (Lipinski definition) is 4.